The van der Waals surface area contributed by atoms with Crippen molar-refractivity contribution in [2.75, 3.05) is 5.32 Å². The lowest BCUT2D eigenvalue weighted by molar-refractivity contribution is 0.0942. The van der Waals surface area contributed by atoms with Gasteiger partial charge in [0.15, 0.2) is 0 Å². The third-order valence-electron chi connectivity index (χ3n) is 5.33. The van der Waals surface area contributed by atoms with Crippen molar-refractivity contribution >= 4 is 29.1 Å². The van der Waals surface area contributed by atoms with Crippen LogP contribution in [0.25, 0.3) is 0 Å². The Labute approximate surface area is 207 Å². The summed E-state index contributed by atoms with van der Waals surface area (Å²) in [5, 5.41) is 14.5. The van der Waals surface area contributed by atoms with Gasteiger partial charge in [-0.3, -0.25) is 19.0 Å². The molecule has 2 N–H and O–H groups in total. The van der Waals surface area contributed by atoms with E-state index in [9.17, 15) is 9.59 Å². The highest BCUT2D eigenvalue weighted by Crippen LogP contribution is 2.23. The van der Waals surface area contributed by atoms with Crippen molar-refractivity contribution in [1.29, 1.82) is 0 Å². The number of hydrogen-bond donors (Lipinski definition) is 2. The second kappa shape index (κ2) is 10.4. The molecule has 4 aromatic rings. The average molecular weight is 493 g/mol. The summed E-state index contributed by atoms with van der Waals surface area (Å²) in [6, 6.07) is 12.5. The Kier molecular flexibility index (Phi) is 7.17. The summed E-state index contributed by atoms with van der Waals surface area (Å²) in [6.45, 7) is 2.52. The normalized spacial score (nSPS) is 10.7. The number of aromatic nitrogens is 4. The van der Waals surface area contributed by atoms with E-state index in [0.29, 0.717) is 29.4 Å². The first-order chi connectivity index (χ1) is 16.8. The molecule has 9 nitrogen and oxygen atoms in total. The minimum Gasteiger partial charge on any atom is -0.489 e. The molecule has 0 radical (unpaired) electrons. The van der Waals surface area contributed by atoms with E-state index in [-0.39, 0.29) is 17.5 Å². The summed E-state index contributed by atoms with van der Waals surface area (Å²) < 4.78 is 8.97. The van der Waals surface area contributed by atoms with Crippen LogP contribution in [0, 0.1) is 6.92 Å². The predicted molar refractivity (Wildman–Crippen MR) is 133 cm³/mol. The molecule has 0 aliphatic rings. The third kappa shape index (κ3) is 5.88. The van der Waals surface area contributed by atoms with Gasteiger partial charge in [0, 0.05) is 43.0 Å². The van der Waals surface area contributed by atoms with Gasteiger partial charge in [0.1, 0.15) is 18.1 Å². The van der Waals surface area contributed by atoms with Crippen LogP contribution in [0.3, 0.4) is 0 Å². The van der Waals surface area contributed by atoms with Crippen LogP contribution in [0.5, 0.6) is 5.75 Å². The number of hydrogen-bond acceptors (Lipinski definition) is 5. The van der Waals surface area contributed by atoms with Crippen molar-refractivity contribution in [3.05, 3.63) is 94.0 Å². The summed E-state index contributed by atoms with van der Waals surface area (Å²) in [4.78, 5) is 25.7. The van der Waals surface area contributed by atoms with Crippen LogP contribution < -0.4 is 15.4 Å². The molecule has 0 saturated carbocycles. The molecular formula is C25H25ClN6O3. The molecule has 4 rings (SSSR count). The fourth-order valence-electron chi connectivity index (χ4n) is 3.56. The van der Waals surface area contributed by atoms with Gasteiger partial charge in [-0.1, -0.05) is 23.7 Å². The summed E-state index contributed by atoms with van der Waals surface area (Å²) >= 11 is 6.00. The summed E-state index contributed by atoms with van der Waals surface area (Å²) in [5.74, 6) is 0.00928. The number of rotatable bonds is 8. The van der Waals surface area contributed by atoms with Crippen molar-refractivity contribution in [1.82, 2.24) is 24.9 Å². The van der Waals surface area contributed by atoms with Gasteiger partial charge in [0.25, 0.3) is 11.8 Å². The number of carbonyl (C=O) groups excluding carboxylic acids is 2. The first-order valence-electron chi connectivity index (χ1n) is 10.9. The lowest BCUT2D eigenvalue weighted by Gasteiger charge is -2.11. The Morgan fingerprint density at radius 2 is 1.86 bits per heavy atom. The maximum atomic E-state index is 13.0. The SMILES string of the molecule is Cc1cc(Cl)ccc1OCc1cccc(C(=O)Nc2cnn(C)c2C(=O)NCc2cnn(C)c2)c1. The fourth-order valence-corrected chi connectivity index (χ4v) is 3.79. The second-order valence-electron chi connectivity index (χ2n) is 8.09. The second-order valence-corrected chi connectivity index (χ2v) is 8.52. The Balaban J connectivity index is 1.42. The number of amides is 2. The quantitative estimate of drug-likeness (QED) is 0.388. The van der Waals surface area contributed by atoms with E-state index >= 15 is 0 Å². The van der Waals surface area contributed by atoms with E-state index in [1.807, 2.05) is 31.3 Å². The van der Waals surface area contributed by atoms with Crippen molar-refractivity contribution in [2.24, 2.45) is 14.1 Å². The largest absolute Gasteiger partial charge is 0.489 e. The molecule has 0 aliphatic heterocycles. The molecule has 180 valence electrons. The monoisotopic (exact) mass is 492 g/mol. The molecule has 2 aromatic carbocycles. The zero-order valence-electron chi connectivity index (χ0n) is 19.6. The van der Waals surface area contributed by atoms with Crippen LogP contribution in [-0.2, 0) is 27.2 Å². The highest BCUT2D eigenvalue weighted by Gasteiger charge is 2.19. The van der Waals surface area contributed by atoms with E-state index in [0.717, 1.165) is 22.4 Å². The van der Waals surface area contributed by atoms with Gasteiger partial charge >= 0.3 is 0 Å². The van der Waals surface area contributed by atoms with Crippen LogP contribution in [0.15, 0.2) is 61.1 Å². The highest BCUT2D eigenvalue weighted by atomic mass is 35.5. The Bertz CT molecular complexity index is 1380. The van der Waals surface area contributed by atoms with E-state index in [4.69, 9.17) is 16.3 Å². The topological polar surface area (TPSA) is 103 Å². The smallest absolute Gasteiger partial charge is 0.271 e. The van der Waals surface area contributed by atoms with Crippen molar-refractivity contribution in [3.8, 4) is 5.75 Å². The molecule has 0 unspecified atom stereocenters. The van der Waals surface area contributed by atoms with Gasteiger partial charge in [0.2, 0.25) is 0 Å². The predicted octanol–water partition coefficient (Wildman–Crippen LogP) is 3.88. The van der Waals surface area contributed by atoms with Gasteiger partial charge < -0.3 is 15.4 Å². The Morgan fingerprint density at radius 3 is 2.60 bits per heavy atom. The van der Waals surface area contributed by atoms with Crippen molar-refractivity contribution in [2.45, 2.75) is 20.1 Å². The van der Waals surface area contributed by atoms with Gasteiger partial charge in [-0.25, -0.2) is 0 Å². The number of halogens is 1. The number of ether oxygens (including phenoxy) is 1. The zero-order chi connectivity index (χ0) is 24.9. The summed E-state index contributed by atoms with van der Waals surface area (Å²) in [6.07, 6.45) is 4.95. The number of carbonyl (C=O) groups is 2. The fraction of sp³-hybridized carbons (Fsp3) is 0.200. The van der Waals surface area contributed by atoms with Gasteiger partial charge in [0.05, 0.1) is 18.1 Å². The summed E-state index contributed by atoms with van der Waals surface area (Å²) in [5.41, 5.74) is 3.62. The number of nitrogens with one attached hydrogen (secondary N) is 2. The maximum Gasteiger partial charge on any atom is 0.271 e. The highest BCUT2D eigenvalue weighted by molar-refractivity contribution is 6.30. The zero-order valence-corrected chi connectivity index (χ0v) is 20.3. The van der Waals surface area contributed by atoms with Gasteiger partial charge in [-0.2, -0.15) is 10.2 Å². The van der Waals surface area contributed by atoms with Crippen molar-refractivity contribution < 1.29 is 14.3 Å². The number of anilines is 1. The van der Waals surface area contributed by atoms with Crippen molar-refractivity contribution in [3.63, 3.8) is 0 Å². The summed E-state index contributed by atoms with van der Waals surface area (Å²) in [7, 11) is 3.45. The molecule has 0 spiro atoms. The first kappa shape index (κ1) is 24.0. The molecule has 2 amide bonds. The van der Waals surface area contributed by atoms with Crippen LogP contribution in [0.1, 0.15) is 37.5 Å². The molecule has 0 atom stereocenters. The van der Waals surface area contributed by atoms with Crippen LogP contribution in [0.4, 0.5) is 5.69 Å². The van der Waals surface area contributed by atoms with E-state index in [1.165, 1.54) is 10.9 Å². The molecule has 10 heteroatoms. The lowest BCUT2D eigenvalue weighted by Crippen LogP contribution is -2.26. The molecule has 2 aromatic heterocycles. The minimum atomic E-state index is -0.358. The van der Waals surface area contributed by atoms with Crippen LogP contribution in [0.2, 0.25) is 5.02 Å². The number of benzene rings is 2. The maximum absolute atomic E-state index is 13.0. The van der Waals surface area contributed by atoms with Crippen LogP contribution in [-0.4, -0.2) is 31.4 Å². The third-order valence-corrected chi connectivity index (χ3v) is 5.57. The molecule has 2 heterocycles. The van der Waals surface area contributed by atoms with Crippen LogP contribution >= 0.6 is 11.6 Å². The average Bonchev–Trinajstić information content (AvgIpc) is 3.42. The molecule has 35 heavy (non-hydrogen) atoms. The van der Waals surface area contributed by atoms with Gasteiger partial charge in [-0.05, 0) is 48.4 Å². The lowest BCUT2D eigenvalue weighted by atomic mass is 10.1. The standard InChI is InChI=1S/C25H25ClN6O3/c1-16-9-20(26)7-8-22(16)35-15-17-5-4-6-19(10-17)24(33)30-21-13-29-32(3)23(21)25(34)27-11-18-12-28-31(2)14-18/h4-10,12-14H,11,15H2,1-3H3,(H,27,34)(H,30,33). The first-order valence-corrected chi connectivity index (χ1v) is 11.2. The molecule has 0 fully saturated rings. The number of aryl methyl sites for hydroxylation is 3. The van der Waals surface area contributed by atoms with E-state index in [1.54, 1.807) is 49.2 Å². The Morgan fingerprint density at radius 1 is 1.03 bits per heavy atom. The van der Waals surface area contributed by atoms with Gasteiger partial charge in [-0.15, -0.1) is 0 Å². The van der Waals surface area contributed by atoms with E-state index < -0.39 is 0 Å². The molecular weight excluding hydrogens is 468 g/mol. The Hall–Kier alpha value is -4.11. The molecule has 0 bridgehead atoms. The van der Waals surface area contributed by atoms with E-state index in [2.05, 4.69) is 20.8 Å². The molecule has 0 aliphatic carbocycles. The number of nitrogens with zero attached hydrogens (tertiary/aromatic N) is 4. The molecule has 0 saturated heterocycles. The minimum absolute atomic E-state index is 0.250.